The summed E-state index contributed by atoms with van der Waals surface area (Å²) in [6, 6.07) is 6.97. The Morgan fingerprint density at radius 3 is 2.55 bits per heavy atom. The van der Waals surface area contributed by atoms with Crippen molar-refractivity contribution in [1.82, 2.24) is 5.32 Å². The van der Waals surface area contributed by atoms with Gasteiger partial charge in [0.2, 0.25) is 0 Å². The van der Waals surface area contributed by atoms with Gasteiger partial charge in [0.1, 0.15) is 5.75 Å². The van der Waals surface area contributed by atoms with Gasteiger partial charge in [-0.25, -0.2) is 0 Å². The smallest absolute Gasteiger partial charge is 0.255 e. The molecule has 2 amide bonds. The van der Waals surface area contributed by atoms with E-state index in [0.717, 1.165) is 12.8 Å². The molecule has 108 valence electrons. The molecule has 0 aliphatic heterocycles. The quantitative estimate of drug-likeness (QED) is 0.854. The molecular weight excluding hydrogens is 256 g/mol. The van der Waals surface area contributed by atoms with Crippen LogP contribution in [-0.4, -0.2) is 24.5 Å². The minimum Gasteiger partial charge on any atom is -0.484 e. The van der Waals surface area contributed by atoms with E-state index in [2.05, 4.69) is 12.2 Å². The Labute approximate surface area is 118 Å². The van der Waals surface area contributed by atoms with Crippen molar-refractivity contribution in [2.24, 2.45) is 11.7 Å². The highest BCUT2D eigenvalue weighted by molar-refractivity contribution is 5.94. The van der Waals surface area contributed by atoms with Crippen LogP contribution in [0.2, 0.25) is 0 Å². The van der Waals surface area contributed by atoms with E-state index < -0.39 is 5.91 Å². The second-order valence-corrected chi connectivity index (χ2v) is 5.37. The van der Waals surface area contributed by atoms with Gasteiger partial charge in [-0.2, -0.15) is 0 Å². The molecule has 0 heterocycles. The van der Waals surface area contributed by atoms with Crippen LogP contribution in [0, 0.1) is 5.92 Å². The third kappa shape index (κ3) is 3.98. The van der Waals surface area contributed by atoms with Gasteiger partial charge < -0.3 is 15.8 Å². The molecule has 0 spiro atoms. The predicted octanol–water partition coefficient (Wildman–Crippen LogP) is 1.47. The first-order chi connectivity index (χ1) is 9.54. The van der Waals surface area contributed by atoms with Gasteiger partial charge in [0.25, 0.3) is 11.8 Å². The Morgan fingerprint density at radius 2 is 2.00 bits per heavy atom. The maximum atomic E-state index is 12.1. The van der Waals surface area contributed by atoms with Crippen LogP contribution in [0.5, 0.6) is 5.75 Å². The Hall–Kier alpha value is -2.04. The molecule has 2 unspecified atom stereocenters. The van der Waals surface area contributed by atoms with E-state index in [1.54, 1.807) is 24.3 Å². The zero-order valence-corrected chi connectivity index (χ0v) is 11.6. The predicted molar refractivity (Wildman–Crippen MR) is 75.4 cm³/mol. The second kappa shape index (κ2) is 6.41. The molecule has 5 heteroatoms. The van der Waals surface area contributed by atoms with Crippen LogP contribution < -0.4 is 15.8 Å². The first kappa shape index (κ1) is 14.4. The second-order valence-electron chi connectivity index (χ2n) is 5.37. The van der Waals surface area contributed by atoms with Crippen molar-refractivity contribution in [2.45, 2.75) is 32.2 Å². The number of nitrogens with two attached hydrogens (primary N) is 1. The van der Waals surface area contributed by atoms with Crippen LogP contribution in [0.4, 0.5) is 0 Å². The number of carbonyl (C=O) groups excluding carboxylic acids is 2. The lowest BCUT2D eigenvalue weighted by Crippen LogP contribution is -2.32. The molecule has 1 aromatic rings. The summed E-state index contributed by atoms with van der Waals surface area (Å²) in [6.07, 6.45) is 3.27. The standard InChI is InChI=1S/C15H20N2O3/c1-10-2-5-12(8-10)17-15(19)11-3-6-13(7-4-11)20-9-14(16)18/h3-4,6-7,10,12H,2,5,8-9H2,1H3,(H2,16,18)(H,17,19). The SMILES string of the molecule is CC1CCC(NC(=O)c2ccc(OCC(N)=O)cc2)C1. The van der Waals surface area contributed by atoms with Crippen LogP contribution in [0.3, 0.4) is 0 Å². The molecule has 1 aromatic carbocycles. The van der Waals surface area contributed by atoms with Crippen LogP contribution in [-0.2, 0) is 4.79 Å². The number of carbonyl (C=O) groups is 2. The maximum Gasteiger partial charge on any atom is 0.255 e. The van der Waals surface area contributed by atoms with Gasteiger partial charge in [-0.1, -0.05) is 6.92 Å². The maximum absolute atomic E-state index is 12.1. The zero-order valence-electron chi connectivity index (χ0n) is 11.6. The van der Waals surface area contributed by atoms with Crippen LogP contribution >= 0.6 is 0 Å². The van der Waals surface area contributed by atoms with Gasteiger partial charge in [0, 0.05) is 11.6 Å². The van der Waals surface area contributed by atoms with Crippen molar-refractivity contribution in [3.8, 4) is 5.75 Å². The molecule has 20 heavy (non-hydrogen) atoms. The monoisotopic (exact) mass is 276 g/mol. The number of rotatable bonds is 5. The van der Waals surface area contributed by atoms with Gasteiger partial charge in [-0.15, -0.1) is 0 Å². The van der Waals surface area contributed by atoms with Gasteiger partial charge in [-0.3, -0.25) is 9.59 Å². The molecule has 5 nitrogen and oxygen atoms in total. The van der Waals surface area contributed by atoms with Crippen molar-refractivity contribution in [3.63, 3.8) is 0 Å². The molecule has 0 radical (unpaired) electrons. The van der Waals surface area contributed by atoms with Crippen molar-refractivity contribution >= 4 is 11.8 Å². The van der Waals surface area contributed by atoms with Gasteiger partial charge in [0.15, 0.2) is 6.61 Å². The van der Waals surface area contributed by atoms with Crippen molar-refractivity contribution in [2.75, 3.05) is 6.61 Å². The van der Waals surface area contributed by atoms with Gasteiger partial charge in [-0.05, 0) is 49.4 Å². The molecule has 0 aromatic heterocycles. The van der Waals surface area contributed by atoms with Crippen molar-refractivity contribution in [1.29, 1.82) is 0 Å². The van der Waals surface area contributed by atoms with Crippen molar-refractivity contribution in [3.05, 3.63) is 29.8 Å². The van der Waals surface area contributed by atoms with E-state index in [1.807, 2.05) is 0 Å². The summed E-state index contributed by atoms with van der Waals surface area (Å²) in [6.45, 7) is 2.04. The highest BCUT2D eigenvalue weighted by Gasteiger charge is 2.22. The molecule has 3 N–H and O–H groups in total. The summed E-state index contributed by atoms with van der Waals surface area (Å²) in [5.74, 6) is 0.618. The van der Waals surface area contributed by atoms with E-state index in [1.165, 1.54) is 6.42 Å². The van der Waals surface area contributed by atoms with E-state index in [0.29, 0.717) is 17.2 Å². The first-order valence-corrected chi connectivity index (χ1v) is 6.86. The average molecular weight is 276 g/mol. The highest BCUT2D eigenvalue weighted by Crippen LogP contribution is 2.24. The third-order valence-corrected chi connectivity index (χ3v) is 3.53. The molecule has 0 saturated heterocycles. The Morgan fingerprint density at radius 1 is 1.30 bits per heavy atom. The van der Waals surface area contributed by atoms with Crippen LogP contribution in [0.15, 0.2) is 24.3 Å². The van der Waals surface area contributed by atoms with E-state index >= 15 is 0 Å². The summed E-state index contributed by atoms with van der Waals surface area (Å²) >= 11 is 0. The van der Waals surface area contributed by atoms with Gasteiger partial charge >= 0.3 is 0 Å². The van der Waals surface area contributed by atoms with E-state index in [-0.39, 0.29) is 18.6 Å². The normalized spacial score (nSPS) is 21.4. The summed E-state index contributed by atoms with van der Waals surface area (Å²) in [4.78, 5) is 22.7. The minimum atomic E-state index is -0.526. The molecule has 2 rings (SSSR count). The first-order valence-electron chi connectivity index (χ1n) is 6.86. The number of benzene rings is 1. The Kier molecular flexibility index (Phi) is 4.61. The fourth-order valence-electron chi connectivity index (χ4n) is 2.46. The van der Waals surface area contributed by atoms with Crippen LogP contribution in [0.25, 0.3) is 0 Å². The number of primary amides is 1. The third-order valence-electron chi connectivity index (χ3n) is 3.53. The molecular formula is C15H20N2O3. The van der Waals surface area contributed by atoms with E-state index in [9.17, 15) is 9.59 Å². The lowest BCUT2D eigenvalue weighted by Gasteiger charge is -2.12. The van der Waals surface area contributed by atoms with E-state index in [4.69, 9.17) is 10.5 Å². The molecule has 1 saturated carbocycles. The van der Waals surface area contributed by atoms with Crippen molar-refractivity contribution < 1.29 is 14.3 Å². The lowest BCUT2D eigenvalue weighted by molar-refractivity contribution is -0.119. The number of nitrogens with one attached hydrogen (secondary N) is 1. The largest absolute Gasteiger partial charge is 0.484 e. The number of amides is 2. The molecule has 0 bridgehead atoms. The number of ether oxygens (including phenoxy) is 1. The molecule has 1 aliphatic rings. The topological polar surface area (TPSA) is 81.4 Å². The Balaban J connectivity index is 1.88. The summed E-state index contributed by atoms with van der Waals surface area (Å²) in [5.41, 5.74) is 5.59. The number of hydrogen-bond acceptors (Lipinski definition) is 3. The van der Waals surface area contributed by atoms with Gasteiger partial charge in [0.05, 0.1) is 0 Å². The fourth-order valence-corrected chi connectivity index (χ4v) is 2.46. The minimum absolute atomic E-state index is 0.0643. The molecule has 2 atom stereocenters. The lowest BCUT2D eigenvalue weighted by atomic mass is 10.1. The molecule has 1 fully saturated rings. The summed E-state index contributed by atoms with van der Waals surface area (Å²) in [7, 11) is 0. The van der Waals surface area contributed by atoms with Crippen LogP contribution in [0.1, 0.15) is 36.5 Å². The molecule has 1 aliphatic carbocycles. The number of hydrogen-bond donors (Lipinski definition) is 2. The average Bonchev–Trinajstić information content (AvgIpc) is 2.82. The zero-order chi connectivity index (χ0) is 14.5. The fraction of sp³-hybridized carbons (Fsp3) is 0.467. The Bertz CT molecular complexity index is 484. The highest BCUT2D eigenvalue weighted by atomic mass is 16.5. The summed E-state index contributed by atoms with van der Waals surface area (Å²) in [5, 5.41) is 3.04. The summed E-state index contributed by atoms with van der Waals surface area (Å²) < 4.78 is 5.14.